The van der Waals surface area contributed by atoms with Gasteiger partial charge in [-0.1, -0.05) is 6.07 Å². The Morgan fingerprint density at radius 3 is 2.53 bits per heavy atom. The van der Waals surface area contributed by atoms with Crippen LogP contribution in [0.3, 0.4) is 0 Å². The van der Waals surface area contributed by atoms with E-state index in [2.05, 4.69) is 5.32 Å². The van der Waals surface area contributed by atoms with E-state index in [9.17, 15) is 8.42 Å². The first-order chi connectivity index (χ1) is 8.88. The van der Waals surface area contributed by atoms with Gasteiger partial charge in [-0.2, -0.15) is 0 Å². The first-order valence-corrected chi connectivity index (χ1v) is 7.33. The van der Waals surface area contributed by atoms with E-state index in [1.165, 1.54) is 6.07 Å². The SMILES string of the molecule is Cc1ccc(NCc2occc2C)cc1S(N)(=O)=O. The highest BCUT2D eigenvalue weighted by Crippen LogP contribution is 2.20. The van der Waals surface area contributed by atoms with Crippen molar-refractivity contribution in [3.63, 3.8) is 0 Å². The Hall–Kier alpha value is -1.79. The van der Waals surface area contributed by atoms with Crippen LogP contribution in [0.25, 0.3) is 0 Å². The molecule has 1 aromatic carbocycles. The predicted octanol–water partition coefficient (Wildman–Crippen LogP) is 2.16. The normalized spacial score (nSPS) is 11.5. The van der Waals surface area contributed by atoms with E-state index in [-0.39, 0.29) is 4.90 Å². The molecule has 3 N–H and O–H groups in total. The zero-order valence-electron chi connectivity index (χ0n) is 10.8. The first kappa shape index (κ1) is 13.6. The molecule has 0 atom stereocenters. The maximum Gasteiger partial charge on any atom is 0.238 e. The average Bonchev–Trinajstić information content (AvgIpc) is 2.72. The van der Waals surface area contributed by atoms with E-state index >= 15 is 0 Å². The van der Waals surface area contributed by atoms with Crippen molar-refractivity contribution in [3.05, 3.63) is 47.4 Å². The molecule has 19 heavy (non-hydrogen) atoms. The number of primary sulfonamides is 1. The van der Waals surface area contributed by atoms with Gasteiger partial charge in [0.05, 0.1) is 17.7 Å². The van der Waals surface area contributed by atoms with Gasteiger partial charge in [0.15, 0.2) is 0 Å². The van der Waals surface area contributed by atoms with Gasteiger partial charge in [-0.05, 0) is 43.2 Å². The second kappa shape index (κ2) is 5.07. The number of anilines is 1. The summed E-state index contributed by atoms with van der Waals surface area (Å²) >= 11 is 0. The fraction of sp³-hybridized carbons (Fsp3) is 0.231. The molecule has 0 spiro atoms. The van der Waals surface area contributed by atoms with E-state index in [4.69, 9.17) is 9.56 Å². The first-order valence-electron chi connectivity index (χ1n) is 5.78. The molecule has 102 valence electrons. The Balaban J connectivity index is 2.21. The molecule has 5 nitrogen and oxygen atoms in total. The van der Waals surface area contributed by atoms with Crippen LogP contribution in [0.15, 0.2) is 39.8 Å². The largest absolute Gasteiger partial charge is 0.467 e. The molecular formula is C13H16N2O3S. The van der Waals surface area contributed by atoms with Gasteiger partial charge >= 0.3 is 0 Å². The molecule has 0 bridgehead atoms. The van der Waals surface area contributed by atoms with Crippen molar-refractivity contribution in [2.24, 2.45) is 5.14 Å². The molecular weight excluding hydrogens is 264 g/mol. The van der Waals surface area contributed by atoms with Crippen molar-refractivity contribution in [2.75, 3.05) is 5.32 Å². The summed E-state index contributed by atoms with van der Waals surface area (Å²) in [5.74, 6) is 0.817. The van der Waals surface area contributed by atoms with Crippen LogP contribution < -0.4 is 10.5 Å². The van der Waals surface area contributed by atoms with Gasteiger partial charge in [0.1, 0.15) is 5.76 Å². The van der Waals surface area contributed by atoms with E-state index in [0.29, 0.717) is 17.8 Å². The number of hydrogen-bond donors (Lipinski definition) is 2. The van der Waals surface area contributed by atoms with E-state index in [1.807, 2.05) is 19.1 Å². The number of nitrogens with two attached hydrogens (primary N) is 1. The van der Waals surface area contributed by atoms with Crippen LogP contribution in [0.2, 0.25) is 0 Å². The third kappa shape index (κ3) is 3.15. The van der Waals surface area contributed by atoms with Crippen LogP contribution in [0, 0.1) is 13.8 Å². The lowest BCUT2D eigenvalue weighted by Gasteiger charge is -2.09. The van der Waals surface area contributed by atoms with Crippen molar-refractivity contribution in [2.45, 2.75) is 25.3 Å². The molecule has 2 rings (SSSR count). The number of hydrogen-bond acceptors (Lipinski definition) is 4. The molecule has 0 aliphatic heterocycles. The molecule has 0 saturated heterocycles. The monoisotopic (exact) mass is 280 g/mol. The fourth-order valence-electron chi connectivity index (χ4n) is 1.78. The molecule has 0 fully saturated rings. The summed E-state index contributed by atoms with van der Waals surface area (Å²) in [5, 5.41) is 8.28. The zero-order chi connectivity index (χ0) is 14.0. The summed E-state index contributed by atoms with van der Waals surface area (Å²) in [5.41, 5.74) is 2.36. The fourth-order valence-corrected chi connectivity index (χ4v) is 2.59. The Labute approximate surface area is 112 Å². The van der Waals surface area contributed by atoms with Gasteiger partial charge in [0, 0.05) is 5.69 Å². The third-order valence-electron chi connectivity index (χ3n) is 2.92. The maximum atomic E-state index is 11.4. The highest BCUT2D eigenvalue weighted by molar-refractivity contribution is 7.89. The van der Waals surface area contributed by atoms with Crippen molar-refractivity contribution in [1.82, 2.24) is 0 Å². The Morgan fingerprint density at radius 2 is 1.95 bits per heavy atom. The Bertz CT molecular complexity index is 690. The maximum absolute atomic E-state index is 11.4. The number of nitrogens with one attached hydrogen (secondary N) is 1. The van der Waals surface area contributed by atoms with Crippen LogP contribution in [0.4, 0.5) is 5.69 Å². The van der Waals surface area contributed by atoms with Crippen molar-refractivity contribution in [1.29, 1.82) is 0 Å². The molecule has 0 amide bonds. The topological polar surface area (TPSA) is 85.3 Å². The zero-order valence-corrected chi connectivity index (χ0v) is 11.6. The van der Waals surface area contributed by atoms with Crippen LogP contribution in [-0.4, -0.2) is 8.42 Å². The van der Waals surface area contributed by atoms with Crippen LogP contribution in [-0.2, 0) is 16.6 Å². The van der Waals surface area contributed by atoms with E-state index < -0.39 is 10.0 Å². The van der Waals surface area contributed by atoms with Gasteiger partial charge in [-0.15, -0.1) is 0 Å². The lowest BCUT2D eigenvalue weighted by atomic mass is 10.2. The molecule has 2 aromatic rings. The molecule has 0 saturated carbocycles. The quantitative estimate of drug-likeness (QED) is 0.898. The molecule has 1 heterocycles. The lowest BCUT2D eigenvalue weighted by molar-refractivity contribution is 0.515. The van der Waals surface area contributed by atoms with E-state index in [1.54, 1.807) is 19.3 Å². The van der Waals surface area contributed by atoms with Crippen LogP contribution >= 0.6 is 0 Å². The van der Waals surface area contributed by atoms with Crippen molar-refractivity contribution in [3.8, 4) is 0 Å². The number of furan rings is 1. The summed E-state index contributed by atoms with van der Waals surface area (Å²) < 4.78 is 28.2. The standard InChI is InChI=1S/C13H16N2O3S/c1-9-5-6-18-12(9)8-15-11-4-3-10(2)13(7-11)19(14,16)17/h3-7,15H,8H2,1-2H3,(H2,14,16,17). The number of benzene rings is 1. The van der Waals surface area contributed by atoms with Gasteiger partial charge in [0.25, 0.3) is 0 Å². The molecule has 1 aromatic heterocycles. The molecule has 0 unspecified atom stereocenters. The number of sulfonamides is 1. The highest BCUT2D eigenvalue weighted by Gasteiger charge is 2.12. The van der Waals surface area contributed by atoms with Crippen molar-refractivity contribution < 1.29 is 12.8 Å². The molecule has 0 aliphatic rings. The minimum absolute atomic E-state index is 0.133. The van der Waals surface area contributed by atoms with Gasteiger partial charge < -0.3 is 9.73 Å². The molecule has 0 aliphatic carbocycles. The number of rotatable bonds is 4. The van der Waals surface area contributed by atoms with Crippen LogP contribution in [0.1, 0.15) is 16.9 Å². The number of aryl methyl sites for hydroxylation is 2. The lowest BCUT2D eigenvalue weighted by Crippen LogP contribution is -2.14. The summed E-state index contributed by atoms with van der Waals surface area (Å²) in [6.07, 6.45) is 1.62. The summed E-state index contributed by atoms with van der Waals surface area (Å²) in [6.45, 7) is 4.15. The smallest absolute Gasteiger partial charge is 0.238 e. The Morgan fingerprint density at radius 1 is 1.21 bits per heavy atom. The molecule has 6 heteroatoms. The summed E-state index contributed by atoms with van der Waals surface area (Å²) in [7, 11) is -3.70. The average molecular weight is 280 g/mol. The Kier molecular flexibility index (Phi) is 3.64. The summed E-state index contributed by atoms with van der Waals surface area (Å²) in [4.78, 5) is 0.133. The minimum atomic E-state index is -3.70. The van der Waals surface area contributed by atoms with Crippen LogP contribution in [0.5, 0.6) is 0 Å². The highest BCUT2D eigenvalue weighted by atomic mass is 32.2. The van der Waals surface area contributed by atoms with Gasteiger partial charge in [-0.3, -0.25) is 0 Å². The second-order valence-corrected chi connectivity index (χ2v) is 5.94. The van der Waals surface area contributed by atoms with Crippen molar-refractivity contribution >= 4 is 15.7 Å². The predicted molar refractivity (Wildman–Crippen MR) is 73.3 cm³/mol. The summed E-state index contributed by atoms with van der Waals surface area (Å²) in [6, 6.07) is 6.93. The molecule has 0 radical (unpaired) electrons. The minimum Gasteiger partial charge on any atom is -0.467 e. The van der Waals surface area contributed by atoms with E-state index in [0.717, 1.165) is 11.3 Å². The third-order valence-corrected chi connectivity index (χ3v) is 3.97. The van der Waals surface area contributed by atoms with Gasteiger partial charge in [-0.25, -0.2) is 13.6 Å². The van der Waals surface area contributed by atoms with Gasteiger partial charge in [0.2, 0.25) is 10.0 Å². The second-order valence-electron chi connectivity index (χ2n) is 4.41.